The number of aryl methyl sites for hydroxylation is 1. The summed E-state index contributed by atoms with van der Waals surface area (Å²) in [5, 5.41) is 14.0. The maximum Gasteiger partial charge on any atom is 0.345 e. The van der Waals surface area contributed by atoms with E-state index in [4.69, 9.17) is 4.42 Å². The largest absolute Gasteiger partial charge is 0.421 e. The second kappa shape index (κ2) is 8.65. The van der Waals surface area contributed by atoms with E-state index in [-0.39, 0.29) is 11.2 Å². The van der Waals surface area contributed by atoms with Gasteiger partial charge in [-0.05, 0) is 53.2 Å². The summed E-state index contributed by atoms with van der Waals surface area (Å²) in [4.78, 5) is 30.0. The number of benzene rings is 2. The van der Waals surface area contributed by atoms with Crippen molar-refractivity contribution >= 4 is 65.5 Å². The Kier molecular flexibility index (Phi) is 5.69. The van der Waals surface area contributed by atoms with Gasteiger partial charge in [-0.15, -0.1) is 16.5 Å². The van der Waals surface area contributed by atoms with Crippen LogP contribution in [0.5, 0.6) is 0 Å². The number of nitrogens with one attached hydrogen (secondary N) is 1. The lowest BCUT2D eigenvalue weighted by atomic mass is 10.1. The summed E-state index contributed by atoms with van der Waals surface area (Å²) in [5.41, 5.74) is 1.64. The Morgan fingerprint density at radius 1 is 1.09 bits per heavy atom. The van der Waals surface area contributed by atoms with Crippen LogP contribution in [0, 0.1) is 6.92 Å². The van der Waals surface area contributed by atoms with Crippen LogP contribution < -0.4 is 11.2 Å². The third kappa shape index (κ3) is 4.14. The Bertz CT molecular complexity index is 1650. The first-order valence-corrected chi connectivity index (χ1v) is 12.0. The molecule has 33 heavy (non-hydrogen) atoms. The first kappa shape index (κ1) is 21.7. The number of nitrogens with zero attached hydrogens (tertiary/aromatic N) is 4. The number of rotatable bonds is 4. The fraction of sp³-hybridized carbons (Fsp3) is 0.0455. The Balaban J connectivity index is 1.53. The lowest BCUT2D eigenvalue weighted by molar-refractivity contribution is 0.561. The average Bonchev–Trinajstić information content (AvgIpc) is 3.38. The monoisotopic (exact) mass is 585 g/mol. The number of halogens is 2. The molecule has 1 N–H and O–H groups in total. The van der Waals surface area contributed by atoms with E-state index in [1.165, 1.54) is 16.0 Å². The summed E-state index contributed by atoms with van der Waals surface area (Å²) in [6.45, 7) is 1.74. The minimum atomic E-state index is -0.519. The molecule has 0 radical (unpaired) electrons. The van der Waals surface area contributed by atoms with Crippen molar-refractivity contribution in [3.63, 3.8) is 0 Å². The van der Waals surface area contributed by atoms with Crippen molar-refractivity contribution < 1.29 is 4.42 Å². The number of hydrogen-bond donors (Lipinski definition) is 1. The second-order valence-corrected chi connectivity index (χ2v) is 9.64. The van der Waals surface area contributed by atoms with Crippen LogP contribution in [0.2, 0.25) is 0 Å². The molecule has 0 aliphatic rings. The zero-order valence-corrected chi connectivity index (χ0v) is 20.9. The standard InChI is InChI=1S/C22H13Br2N5O3S/c1-11-18(27-26-14-5-3-2-4-6-14)20(30)29(28-11)22-25-17(10-33-22)15-8-12-7-13(23)9-16(24)19(12)32-21(15)31/h2-10,28H,1H3. The molecule has 0 spiro atoms. The molecule has 0 saturated heterocycles. The molecule has 0 aliphatic heterocycles. The molecule has 8 nitrogen and oxygen atoms in total. The summed E-state index contributed by atoms with van der Waals surface area (Å²) in [6, 6.07) is 14.5. The number of hydrogen-bond acceptors (Lipinski definition) is 7. The van der Waals surface area contributed by atoms with E-state index in [1.54, 1.807) is 36.6 Å². The highest BCUT2D eigenvalue weighted by Crippen LogP contribution is 2.31. The summed E-state index contributed by atoms with van der Waals surface area (Å²) in [6.07, 6.45) is 0. The Morgan fingerprint density at radius 3 is 2.67 bits per heavy atom. The maximum absolute atomic E-state index is 12.9. The molecule has 5 rings (SSSR count). The molecule has 2 aromatic carbocycles. The molecule has 0 aliphatic carbocycles. The number of H-pyrrole nitrogens is 1. The normalized spacial score (nSPS) is 11.6. The minimum absolute atomic E-state index is 0.190. The van der Waals surface area contributed by atoms with Crippen LogP contribution in [0.15, 0.2) is 87.1 Å². The van der Waals surface area contributed by atoms with Crippen molar-refractivity contribution in [1.82, 2.24) is 14.8 Å². The molecule has 11 heteroatoms. The molecule has 5 aromatic rings. The number of aromatic amines is 1. The zero-order valence-electron chi connectivity index (χ0n) is 16.9. The molecule has 0 bridgehead atoms. The third-order valence-electron chi connectivity index (χ3n) is 4.77. The zero-order chi connectivity index (χ0) is 23.1. The molecule has 3 aromatic heterocycles. The molecule has 0 amide bonds. The molecule has 0 saturated carbocycles. The smallest absolute Gasteiger partial charge is 0.345 e. The van der Waals surface area contributed by atoms with Crippen molar-refractivity contribution in [3.05, 3.63) is 89.3 Å². The van der Waals surface area contributed by atoms with Gasteiger partial charge in [-0.25, -0.2) is 9.78 Å². The summed E-state index contributed by atoms with van der Waals surface area (Å²) in [5.74, 6) is 0. The van der Waals surface area contributed by atoms with Gasteiger partial charge >= 0.3 is 11.2 Å². The van der Waals surface area contributed by atoms with Crippen molar-refractivity contribution in [2.75, 3.05) is 0 Å². The quantitative estimate of drug-likeness (QED) is 0.188. The molecule has 0 unspecified atom stereocenters. The van der Waals surface area contributed by atoms with Gasteiger partial charge in [0.2, 0.25) is 5.13 Å². The van der Waals surface area contributed by atoms with Crippen LogP contribution in [-0.2, 0) is 0 Å². The van der Waals surface area contributed by atoms with Gasteiger partial charge in [0.05, 0.1) is 27.1 Å². The fourth-order valence-corrected chi connectivity index (χ4v) is 5.34. The lowest BCUT2D eigenvalue weighted by Gasteiger charge is -2.03. The van der Waals surface area contributed by atoms with Crippen molar-refractivity contribution in [1.29, 1.82) is 0 Å². The predicted octanol–water partition coefficient (Wildman–Crippen LogP) is 6.64. The summed E-state index contributed by atoms with van der Waals surface area (Å²) in [7, 11) is 0. The van der Waals surface area contributed by atoms with E-state index in [2.05, 4.69) is 52.2 Å². The first-order valence-electron chi connectivity index (χ1n) is 9.58. The molecule has 0 atom stereocenters. The molecular formula is C22H13Br2N5O3S. The Morgan fingerprint density at radius 2 is 1.88 bits per heavy atom. The second-order valence-electron chi connectivity index (χ2n) is 7.03. The number of aromatic nitrogens is 3. The molecule has 3 heterocycles. The first-order chi connectivity index (χ1) is 15.9. The third-order valence-corrected chi connectivity index (χ3v) is 6.65. The van der Waals surface area contributed by atoms with Crippen LogP contribution in [0.25, 0.3) is 27.4 Å². The highest BCUT2D eigenvalue weighted by Gasteiger charge is 2.18. The lowest BCUT2D eigenvalue weighted by Crippen LogP contribution is -2.14. The van der Waals surface area contributed by atoms with Crippen LogP contribution in [0.4, 0.5) is 11.4 Å². The van der Waals surface area contributed by atoms with Gasteiger partial charge < -0.3 is 4.42 Å². The number of azo groups is 1. The summed E-state index contributed by atoms with van der Waals surface area (Å²) < 4.78 is 8.30. The van der Waals surface area contributed by atoms with Gasteiger partial charge in [0.25, 0.3) is 0 Å². The maximum atomic E-state index is 12.9. The van der Waals surface area contributed by atoms with Crippen LogP contribution in [-0.4, -0.2) is 14.8 Å². The van der Waals surface area contributed by atoms with Crippen molar-refractivity contribution in [3.8, 4) is 16.4 Å². The summed E-state index contributed by atoms with van der Waals surface area (Å²) >= 11 is 8.06. The van der Waals surface area contributed by atoms with E-state index in [0.29, 0.717) is 37.8 Å². The van der Waals surface area contributed by atoms with Gasteiger partial charge in [0.15, 0.2) is 11.3 Å². The molecular weight excluding hydrogens is 574 g/mol. The van der Waals surface area contributed by atoms with Gasteiger partial charge in [0, 0.05) is 15.2 Å². The van der Waals surface area contributed by atoms with E-state index >= 15 is 0 Å². The van der Waals surface area contributed by atoms with Gasteiger partial charge in [-0.2, -0.15) is 9.80 Å². The van der Waals surface area contributed by atoms with Gasteiger partial charge in [0.1, 0.15) is 0 Å². The van der Waals surface area contributed by atoms with Crippen LogP contribution in [0.1, 0.15) is 5.69 Å². The fourth-order valence-electron chi connectivity index (χ4n) is 3.22. The average molecular weight is 587 g/mol. The molecule has 164 valence electrons. The van der Waals surface area contributed by atoms with E-state index in [0.717, 1.165) is 9.86 Å². The SMILES string of the molecule is Cc1[nH]n(-c2nc(-c3cc4cc(Br)cc(Br)c4oc3=O)cs2)c(=O)c1N=Nc1ccccc1. The van der Waals surface area contributed by atoms with E-state index in [9.17, 15) is 9.59 Å². The Labute approximate surface area is 206 Å². The minimum Gasteiger partial charge on any atom is -0.421 e. The number of fused-ring (bicyclic) bond motifs is 1. The highest BCUT2D eigenvalue weighted by atomic mass is 79.9. The van der Waals surface area contributed by atoms with Crippen molar-refractivity contribution in [2.45, 2.75) is 6.92 Å². The topological polar surface area (TPSA) is 106 Å². The van der Waals surface area contributed by atoms with Crippen LogP contribution >= 0.6 is 43.2 Å². The van der Waals surface area contributed by atoms with Crippen molar-refractivity contribution in [2.24, 2.45) is 10.2 Å². The highest BCUT2D eigenvalue weighted by molar-refractivity contribution is 9.11. The van der Waals surface area contributed by atoms with Gasteiger partial charge in [-0.3, -0.25) is 9.89 Å². The van der Waals surface area contributed by atoms with E-state index < -0.39 is 5.63 Å². The van der Waals surface area contributed by atoms with E-state index in [1.807, 2.05) is 24.3 Å². The number of thiazole rings is 1. The predicted molar refractivity (Wildman–Crippen MR) is 134 cm³/mol. The van der Waals surface area contributed by atoms with Crippen LogP contribution in [0.3, 0.4) is 0 Å². The molecule has 0 fully saturated rings. The van der Waals surface area contributed by atoms with Gasteiger partial charge in [-0.1, -0.05) is 34.1 Å². The Hall–Kier alpha value is -3.15.